The molecule has 3 aromatic rings. The van der Waals surface area contributed by atoms with Crippen molar-refractivity contribution in [1.29, 1.82) is 0 Å². The Hall–Kier alpha value is -2.95. The molecule has 1 heterocycles. The average Bonchev–Trinajstić information content (AvgIpc) is 3.36. The number of carbonyl (C=O) groups excluding carboxylic acids is 1. The molecule has 2 N–H and O–H groups in total. The van der Waals surface area contributed by atoms with Crippen molar-refractivity contribution in [2.24, 2.45) is 0 Å². The Kier molecular flexibility index (Phi) is 4.99. The number of hydrogen-bond donors (Lipinski definition) is 1. The van der Waals surface area contributed by atoms with E-state index in [4.69, 9.17) is 15.2 Å². The Morgan fingerprint density at radius 3 is 2.61 bits per heavy atom. The molecule has 0 atom stereocenters. The number of ether oxygens (including phenoxy) is 2. The zero-order chi connectivity index (χ0) is 19.7. The molecule has 2 aromatic carbocycles. The highest BCUT2D eigenvalue weighted by Gasteiger charge is 2.21. The molecule has 4 rings (SSSR count). The highest BCUT2D eigenvalue weighted by Crippen LogP contribution is 2.36. The lowest BCUT2D eigenvalue weighted by atomic mass is 10.0. The third kappa shape index (κ3) is 3.33. The first-order valence-electron chi connectivity index (χ1n) is 9.75. The lowest BCUT2D eigenvalue weighted by molar-refractivity contribution is 0.0600. The lowest BCUT2D eigenvalue weighted by Crippen LogP contribution is -2.03. The van der Waals surface area contributed by atoms with Crippen molar-refractivity contribution < 1.29 is 14.3 Å². The summed E-state index contributed by atoms with van der Waals surface area (Å²) in [5.41, 5.74) is 10.8. The fraction of sp³-hybridized carbons (Fsp3) is 0.348. The number of hydrogen-bond acceptors (Lipinski definition) is 4. The van der Waals surface area contributed by atoms with E-state index in [9.17, 15) is 4.79 Å². The van der Waals surface area contributed by atoms with Gasteiger partial charge in [-0.25, -0.2) is 4.79 Å². The Balaban J connectivity index is 1.75. The van der Waals surface area contributed by atoms with Gasteiger partial charge in [0.15, 0.2) is 0 Å². The van der Waals surface area contributed by atoms with Crippen LogP contribution >= 0.6 is 0 Å². The number of nitrogens with two attached hydrogens (primary N) is 1. The molecule has 5 heteroatoms. The van der Waals surface area contributed by atoms with Gasteiger partial charge in [0, 0.05) is 35.2 Å². The molecule has 1 aliphatic rings. The monoisotopic (exact) mass is 378 g/mol. The van der Waals surface area contributed by atoms with Gasteiger partial charge in [-0.15, -0.1) is 0 Å². The number of aromatic nitrogens is 1. The smallest absolute Gasteiger partial charge is 0.337 e. The molecule has 0 spiro atoms. The van der Waals surface area contributed by atoms with E-state index >= 15 is 0 Å². The van der Waals surface area contributed by atoms with Gasteiger partial charge < -0.3 is 19.8 Å². The first-order valence-corrected chi connectivity index (χ1v) is 9.75. The van der Waals surface area contributed by atoms with E-state index in [0.717, 1.165) is 11.3 Å². The van der Waals surface area contributed by atoms with Gasteiger partial charge in [-0.05, 0) is 54.3 Å². The summed E-state index contributed by atoms with van der Waals surface area (Å²) in [6.07, 6.45) is 8.02. The minimum absolute atomic E-state index is 0.365. The molecule has 0 unspecified atom stereocenters. The normalized spacial score (nSPS) is 14.5. The van der Waals surface area contributed by atoms with E-state index in [1.807, 2.05) is 12.1 Å². The van der Waals surface area contributed by atoms with Crippen molar-refractivity contribution in [1.82, 2.24) is 4.57 Å². The number of anilines is 1. The zero-order valence-electron chi connectivity index (χ0n) is 16.4. The van der Waals surface area contributed by atoms with E-state index in [2.05, 4.69) is 22.9 Å². The molecule has 0 saturated heterocycles. The fourth-order valence-electron chi connectivity index (χ4n) is 4.31. The summed E-state index contributed by atoms with van der Waals surface area (Å²) in [4.78, 5) is 11.8. The van der Waals surface area contributed by atoms with Crippen molar-refractivity contribution in [3.05, 3.63) is 59.3 Å². The van der Waals surface area contributed by atoms with E-state index in [0.29, 0.717) is 23.8 Å². The fourth-order valence-corrected chi connectivity index (χ4v) is 4.31. The second-order valence-electron chi connectivity index (χ2n) is 7.47. The first kappa shape index (κ1) is 18.4. The largest absolute Gasteiger partial charge is 0.496 e. The maximum absolute atomic E-state index is 11.8. The molecular weight excluding hydrogens is 352 g/mol. The van der Waals surface area contributed by atoms with Crippen LogP contribution in [-0.2, 0) is 11.2 Å². The summed E-state index contributed by atoms with van der Waals surface area (Å²) < 4.78 is 12.8. The summed E-state index contributed by atoms with van der Waals surface area (Å²) in [5.74, 6) is 0.323. The predicted molar refractivity (Wildman–Crippen MR) is 111 cm³/mol. The summed E-state index contributed by atoms with van der Waals surface area (Å²) in [6, 6.07) is 12.2. The Bertz CT molecular complexity index is 1020. The molecular formula is C23H26N2O3. The lowest BCUT2D eigenvalue weighted by Gasteiger charge is -2.13. The molecule has 1 aliphatic carbocycles. The number of fused-ring (bicyclic) bond motifs is 1. The van der Waals surface area contributed by atoms with Crippen LogP contribution < -0.4 is 10.5 Å². The molecule has 146 valence electrons. The topological polar surface area (TPSA) is 66.5 Å². The quantitative estimate of drug-likeness (QED) is 0.515. The van der Waals surface area contributed by atoms with Crippen LogP contribution in [0, 0.1) is 0 Å². The predicted octanol–water partition coefficient (Wildman–Crippen LogP) is 4.72. The van der Waals surface area contributed by atoms with Crippen molar-refractivity contribution in [2.45, 2.75) is 38.1 Å². The molecule has 0 amide bonds. The number of rotatable bonds is 5. The molecule has 28 heavy (non-hydrogen) atoms. The summed E-state index contributed by atoms with van der Waals surface area (Å²) in [6.45, 7) is 0. The second kappa shape index (κ2) is 7.58. The van der Waals surface area contributed by atoms with Crippen LogP contribution in [0.5, 0.6) is 5.75 Å². The standard InChI is InChI=1S/C23H26N2O3/c1-27-22-12-16(23(26)28-2)8-7-15(22)11-17-14-25(19-5-3-4-6-19)21-10-9-18(24)13-20(17)21/h7-10,12-14,19H,3-6,11,24H2,1-2H3. The molecule has 5 nitrogen and oxygen atoms in total. The Morgan fingerprint density at radius 2 is 1.89 bits per heavy atom. The van der Waals surface area contributed by atoms with Gasteiger partial charge in [-0.2, -0.15) is 0 Å². The van der Waals surface area contributed by atoms with E-state index < -0.39 is 0 Å². The molecule has 0 radical (unpaired) electrons. The van der Waals surface area contributed by atoms with Gasteiger partial charge in [-0.3, -0.25) is 0 Å². The van der Waals surface area contributed by atoms with Crippen molar-refractivity contribution in [3.8, 4) is 5.75 Å². The highest BCUT2D eigenvalue weighted by atomic mass is 16.5. The van der Waals surface area contributed by atoms with Crippen LogP contribution in [-0.4, -0.2) is 24.8 Å². The van der Waals surface area contributed by atoms with E-state index in [-0.39, 0.29) is 5.97 Å². The minimum atomic E-state index is -0.365. The van der Waals surface area contributed by atoms with Crippen LogP contribution in [0.1, 0.15) is 53.2 Å². The van der Waals surface area contributed by atoms with Gasteiger partial charge in [0.05, 0.1) is 19.8 Å². The van der Waals surface area contributed by atoms with Gasteiger partial charge in [0.25, 0.3) is 0 Å². The van der Waals surface area contributed by atoms with Gasteiger partial charge in [0.1, 0.15) is 5.75 Å². The van der Waals surface area contributed by atoms with Crippen LogP contribution in [0.15, 0.2) is 42.6 Å². The van der Waals surface area contributed by atoms with Crippen LogP contribution in [0.25, 0.3) is 10.9 Å². The summed E-state index contributed by atoms with van der Waals surface area (Å²) >= 11 is 0. The molecule has 1 aromatic heterocycles. The van der Waals surface area contributed by atoms with E-state index in [1.54, 1.807) is 19.2 Å². The summed E-state index contributed by atoms with van der Waals surface area (Å²) in [5, 5.41) is 1.19. The van der Waals surface area contributed by atoms with Crippen molar-refractivity contribution in [3.63, 3.8) is 0 Å². The van der Waals surface area contributed by atoms with Crippen molar-refractivity contribution >= 4 is 22.6 Å². The van der Waals surface area contributed by atoms with Gasteiger partial charge in [0.2, 0.25) is 0 Å². The van der Waals surface area contributed by atoms with Crippen molar-refractivity contribution in [2.75, 3.05) is 20.0 Å². The summed E-state index contributed by atoms with van der Waals surface area (Å²) in [7, 11) is 3.00. The number of nitrogens with zero attached hydrogens (tertiary/aromatic N) is 1. The highest BCUT2D eigenvalue weighted by molar-refractivity contribution is 5.90. The Labute approximate surface area is 165 Å². The number of esters is 1. The van der Waals surface area contributed by atoms with Crippen LogP contribution in [0.4, 0.5) is 5.69 Å². The molecule has 1 saturated carbocycles. The number of methoxy groups -OCH3 is 2. The maximum Gasteiger partial charge on any atom is 0.337 e. The molecule has 1 fully saturated rings. The number of nitrogen functional groups attached to an aromatic ring is 1. The zero-order valence-corrected chi connectivity index (χ0v) is 16.4. The first-order chi connectivity index (χ1) is 13.6. The Morgan fingerprint density at radius 1 is 1.11 bits per heavy atom. The molecule has 0 aliphatic heterocycles. The van der Waals surface area contributed by atoms with Crippen LogP contribution in [0.2, 0.25) is 0 Å². The maximum atomic E-state index is 11.8. The van der Waals surface area contributed by atoms with E-state index in [1.165, 1.54) is 49.3 Å². The number of carbonyl (C=O) groups is 1. The third-order valence-electron chi connectivity index (χ3n) is 5.75. The molecule has 0 bridgehead atoms. The second-order valence-corrected chi connectivity index (χ2v) is 7.47. The number of benzene rings is 2. The minimum Gasteiger partial charge on any atom is -0.496 e. The van der Waals surface area contributed by atoms with Gasteiger partial charge in [-0.1, -0.05) is 18.9 Å². The average molecular weight is 378 g/mol. The van der Waals surface area contributed by atoms with Crippen LogP contribution in [0.3, 0.4) is 0 Å². The van der Waals surface area contributed by atoms with Gasteiger partial charge >= 0.3 is 5.97 Å². The SMILES string of the molecule is COC(=O)c1ccc(Cc2cn(C3CCCC3)c3ccc(N)cc23)c(OC)c1. The third-order valence-corrected chi connectivity index (χ3v) is 5.75.